The first kappa shape index (κ1) is 18.1. The molecule has 2 aromatic carbocycles. The van der Waals surface area contributed by atoms with Gasteiger partial charge >= 0.3 is 0 Å². The largest absolute Gasteiger partial charge is 0.378 e. The summed E-state index contributed by atoms with van der Waals surface area (Å²) in [7, 11) is 0. The standard InChI is InChI=1S/C20H17ClN2O3S/c21-14-6-8-16(9-7-14)27-18-17(22-10-12-26-13-11-22)19(24)23(20(18)25)15-4-2-1-3-5-15/h1-9H,10-13H2. The molecule has 27 heavy (non-hydrogen) atoms. The minimum Gasteiger partial charge on any atom is -0.378 e. The summed E-state index contributed by atoms with van der Waals surface area (Å²) in [6, 6.07) is 16.3. The first-order valence-corrected chi connectivity index (χ1v) is 9.79. The molecule has 7 heteroatoms. The van der Waals surface area contributed by atoms with Crippen molar-refractivity contribution in [3.63, 3.8) is 0 Å². The number of carbonyl (C=O) groups excluding carboxylic acids is 2. The Morgan fingerprint density at radius 3 is 2.22 bits per heavy atom. The van der Waals surface area contributed by atoms with E-state index in [-0.39, 0.29) is 11.8 Å². The topological polar surface area (TPSA) is 49.9 Å². The summed E-state index contributed by atoms with van der Waals surface area (Å²) in [6.45, 7) is 2.24. The van der Waals surface area contributed by atoms with Crippen molar-refractivity contribution in [2.24, 2.45) is 0 Å². The predicted octanol–water partition coefficient (Wildman–Crippen LogP) is 3.55. The van der Waals surface area contributed by atoms with Gasteiger partial charge in [-0.05, 0) is 36.4 Å². The third-order valence-corrected chi connectivity index (χ3v) is 5.73. The van der Waals surface area contributed by atoms with Gasteiger partial charge in [0.15, 0.2) is 0 Å². The Balaban J connectivity index is 1.73. The summed E-state index contributed by atoms with van der Waals surface area (Å²) < 4.78 is 5.40. The van der Waals surface area contributed by atoms with E-state index < -0.39 is 0 Å². The second kappa shape index (κ2) is 7.76. The average molecular weight is 401 g/mol. The molecular weight excluding hydrogens is 384 g/mol. The zero-order valence-electron chi connectivity index (χ0n) is 14.4. The number of rotatable bonds is 4. The molecule has 0 atom stereocenters. The van der Waals surface area contributed by atoms with Gasteiger partial charge in [0.1, 0.15) is 10.6 Å². The van der Waals surface area contributed by atoms with Gasteiger partial charge in [-0.25, -0.2) is 4.90 Å². The van der Waals surface area contributed by atoms with E-state index in [1.807, 2.05) is 35.2 Å². The molecule has 0 aromatic heterocycles. The van der Waals surface area contributed by atoms with E-state index in [9.17, 15) is 9.59 Å². The Kier molecular flexibility index (Phi) is 5.20. The van der Waals surface area contributed by atoms with Gasteiger partial charge in [0.05, 0.1) is 18.9 Å². The molecule has 0 unspecified atom stereocenters. The molecule has 2 aliphatic rings. The smallest absolute Gasteiger partial charge is 0.283 e. The quantitative estimate of drug-likeness (QED) is 0.734. The molecule has 1 fully saturated rings. The molecule has 2 heterocycles. The van der Waals surface area contributed by atoms with Crippen LogP contribution in [-0.4, -0.2) is 43.0 Å². The molecule has 4 rings (SSSR count). The lowest BCUT2D eigenvalue weighted by atomic mass is 10.3. The highest BCUT2D eigenvalue weighted by Gasteiger charge is 2.42. The Labute approximate surface area is 166 Å². The Morgan fingerprint density at radius 1 is 0.889 bits per heavy atom. The van der Waals surface area contributed by atoms with Gasteiger partial charge in [-0.2, -0.15) is 0 Å². The molecule has 0 aliphatic carbocycles. The number of anilines is 1. The second-order valence-corrected chi connectivity index (χ2v) is 7.63. The fraction of sp³-hybridized carbons (Fsp3) is 0.200. The van der Waals surface area contributed by atoms with E-state index in [0.29, 0.717) is 47.6 Å². The highest BCUT2D eigenvalue weighted by molar-refractivity contribution is 8.04. The summed E-state index contributed by atoms with van der Waals surface area (Å²) in [5.74, 6) is -0.586. The number of ether oxygens (including phenoxy) is 1. The van der Waals surface area contributed by atoms with E-state index in [4.69, 9.17) is 16.3 Å². The minimum absolute atomic E-state index is 0.287. The molecule has 138 valence electrons. The van der Waals surface area contributed by atoms with Crippen LogP contribution in [0.15, 0.2) is 70.1 Å². The molecular formula is C20H17ClN2O3S. The van der Waals surface area contributed by atoms with Gasteiger partial charge in [0.2, 0.25) is 0 Å². The van der Waals surface area contributed by atoms with Crippen molar-refractivity contribution < 1.29 is 14.3 Å². The Hall–Kier alpha value is -2.28. The van der Waals surface area contributed by atoms with Crippen molar-refractivity contribution in [2.75, 3.05) is 31.2 Å². The Morgan fingerprint density at radius 2 is 1.56 bits per heavy atom. The molecule has 2 aliphatic heterocycles. The van der Waals surface area contributed by atoms with Gasteiger partial charge in [-0.3, -0.25) is 9.59 Å². The number of halogens is 1. The third kappa shape index (κ3) is 3.60. The number of thioether (sulfide) groups is 1. The maximum absolute atomic E-state index is 13.2. The van der Waals surface area contributed by atoms with Crippen LogP contribution >= 0.6 is 23.4 Å². The van der Waals surface area contributed by atoms with Crippen LogP contribution in [0.4, 0.5) is 5.69 Å². The van der Waals surface area contributed by atoms with Gasteiger partial charge in [-0.15, -0.1) is 0 Å². The molecule has 2 aromatic rings. The maximum atomic E-state index is 13.2. The minimum atomic E-state index is -0.298. The highest BCUT2D eigenvalue weighted by Crippen LogP contribution is 2.39. The number of hydrogen-bond donors (Lipinski definition) is 0. The van der Waals surface area contributed by atoms with Crippen molar-refractivity contribution in [1.29, 1.82) is 0 Å². The molecule has 0 bridgehead atoms. The van der Waals surface area contributed by atoms with Crippen LogP contribution in [0.5, 0.6) is 0 Å². The summed E-state index contributed by atoms with van der Waals surface area (Å²) in [6.07, 6.45) is 0. The Bertz CT molecular complexity index is 893. The van der Waals surface area contributed by atoms with Gasteiger partial charge in [0, 0.05) is 23.0 Å². The van der Waals surface area contributed by atoms with E-state index in [1.165, 1.54) is 16.7 Å². The number of morpholine rings is 1. The molecule has 5 nitrogen and oxygen atoms in total. The van der Waals surface area contributed by atoms with Crippen molar-refractivity contribution >= 4 is 40.9 Å². The summed E-state index contributed by atoms with van der Waals surface area (Å²) in [4.78, 5) is 30.9. The van der Waals surface area contributed by atoms with Gasteiger partial charge in [0.25, 0.3) is 11.8 Å². The number of hydrogen-bond acceptors (Lipinski definition) is 5. The van der Waals surface area contributed by atoms with Gasteiger partial charge in [-0.1, -0.05) is 41.6 Å². The SMILES string of the molecule is O=C1C(Sc2ccc(Cl)cc2)=C(N2CCOCC2)C(=O)N1c1ccccc1. The zero-order valence-corrected chi connectivity index (χ0v) is 16.0. The lowest BCUT2D eigenvalue weighted by molar-refractivity contribution is -0.121. The number of imide groups is 1. The number of amides is 2. The third-order valence-electron chi connectivity index (χ3n) is 4.39. The van der Waals surface area contributed by atoms with E-state index in [0.717, 1.165) is 4.90 Å². The van der Waals surface area contributed by atoms with E-state index in [2.05, 4.69) is 0 Å². The van der Waals surface area contributed by atoms with Gasteiger partial charge < -0.3 is 9.64 Å². The summed E-state index contributed by atoms with van der Waals surface area (Å²) >= 11 is 7.26. The van der Waals surface area contributed by atoms with Crippen LogP contribution in [0.2, 0.25) is 5.02 Å². The lowest BCUT2D eigenvalue weighted by Crippen LogP contribution is -2.40. The van der Waals surface area contributed by atoms with E-state index >= 15 is 0 Å². The van der Waals surface area contributed by atoms with Crippen molar-refractivity contribution in [2.45, 2.75) is 4.90 Å². The molecule has 2 amide bonds. The predicted molar refractivity (Wildman–Crippen MR) is 106 cm³/mol. The maximum Gasteiger partial charge on any atom is 0.283 e. The van der Waals surface area contributed by atoms with Crippen LogP contribution in [0.3, 0.4) is 0 Å². The fourth-order valence-corrected chi connectivity index (χ4v) is 4.21. The van der Waals surface area contributed by atoms with Crippen LogP contribution in [0.25, 0.3) is 0 Å². The van der Waals surface area contributed by atoms with Crippen LogP contribution in [0, 0.1) is 0 Å². The monoisotopic (exact) mass is 400 g/mol. The van der Waals surface area contributed by atoms with Crippen LogP contribution in [-0.2, 0) is 14.3 Å². The average Bonchev–Trinajstić information content (AvgIpc) is 2.95. The molecule has 1 saturated heterocycles. The zero-order chi connectivity index (χ0) is 18.8. The number of para-hydroxylation sites is 1. The molecule has 0 saturated carbocycles. The van der Waals surface area contributed by atoms with Crippen molar-refractivity contribution in [3.8, 4) is 0 Å². The molecule has 0 N–H and O–H groups in total. The lowest BCUT2D eigenvalue weighted by Gasteiger charge is -2.29. The molecule has 0 spiro atoms. The second-order valence-electron chi connectivity index (χ2n) is 6.11. The summed E-state index contributed by atoms with van der Waals surface area (Å²) in [5.41, 5.74) is 1.03. The van der Waals surface area contributed by atoms with Crippen LogP contribution in [0.1, 0.15) is 0 Å². The number of benzene rings is 2. The number of nitrogens with zero attached hydrogens (tertiary/aromatic N) is 2. The first-order chi connectivity index (χ1) is 13.1. The van der Waals surface area contributed by atoms with Crippen molar-refractivity contribution in [3.05, 3.63) is 70.2 Å². The summed E-state index contributed by atoms with van der Waals surface area (Å²) in [5, 5.41) is 0.626. The fourth-order valence-electron chi connectivity index (χ4n) is 3.09. The first-order valence-electron chi connectivity index (χ1n) is 8.59. The highest BCUT2D eigenvalue weighted by atomic mass is 35.5. The van der Waals surface area contributed by atoms with E-state index in [1.54, 1.807) is 24.3 Å². The van der Waals surface area contributed by atoms with Crippen LogP contribution < -0.4 is 4.90 Å². The number of carbonyl (C=O) groups is 2. The normalized spacial score (nSPS) is 17.8. The molecule has 0 radical (unpaired) electrons. The van der Waals surface area contributed by atoms with Crippen molar-refractivity contribution in [1.82, 2.24) is 4.90 Å².